The quantitative estimate of drug-likeness (QED) is 0.878. The molecule has 3 nitrogen and oxygen atoms in total. The van der Waals surface area contributed by atoms with Gasteiger partial charge in [-0.3, -0.25) is 0 Å². The molecule has 0 radical (unpaired) electrons. The van der Waals surface area contributed by atoms with Crippen molar-refractivity contribution in [1.82, 2.24) is 15.3 Å². The normalized spacial score (nSPS) is 10.5. The molecule has 0 aliphatic rings. The highest BCUT2D eigenvalue weighted by atomic mass is 19.1. The first-order chi connectivity index (χ1) is 8.29. The van der Waals surface area contributed by atoms with Crippen molar-refractivity contribution in [2.45, 2.75) is 13.5 Å². The lowest BCUT2D eigenvalue weighted by Crippen LogP contribution is -2.14. The second-order valence-electron chi connectivity index (χ2n) is 3.68. The number of benzene rings is 1. The summed E-state index contributed by atoms with van der Waals surface area (Å²) in [7, 11) is 0. The number of hydrogen-bond donors (Lipinski definition) is 1. The van der Waals surface area contributed by atoms with Crippen LogP contribution in [-0.4, -0.2) is 16.5 Å². The molecule has 0 aliphatic heterocycles. The minimum absolute atomic E-state index is 0.251. The predicted molar refractivity (Wildman–Crippen MR) is 64.8 cm³/mol. The van der Waals surface area contributed by atoms with E-state index in [-0.39, 0.29) is 5.82 Å². The molecule has 1 aromatic heterocycles. The van der Waals surface area contributed by atoms with Gasteiger partial charge in [-0.15, -0.1) is 0 Å². The van der Waals surface area contributed by atoms with Crippen LogP contribution < -0.4 is 5.32 Å². The van der Waals surface area contributed by atoms with E-state index in [0.717, 1.165) is 23.5 Å². The minimum Gasteiger partial charge on any atom is -0.310 e. The Balaban J connectivity index is 2.17. The molecule has 0 amide bonds. The molecule has 0 unspecified atom stereocenters. The van der Waals surface area contributed by atoms with E-state index in [1.807, 2.05) is 13.0 Å². The lowest BCUT2D eigenvalue weighted by Gasteiger charge is -2.03. The first kappa shape index (κ1) is 11.7. The molecule has 0 saturated carbocycles. The Morgan fingerprint density at radius 2 is 1.94 bits per heavy atom. The number of rotatable bonds is 4. The zero-order chi connectivity index (χ0) is 12.1. The van der Waals surface area contributed by atoms with E-state index in [1.165, 1.54) is 12.1 Å². The van der Waals surface area contributed by atoms with E-state index in [4.69, 9.17) is 0 Å². The Morgan fingerprint density at radius 3 is 2.59 bits per heavy atom. The van der Waals surface area contributed by atoms with Gasteiger partial charge in [-0.05, 0) is 24.2 Å². The molecule has 17 heavy (non-hydrogen) atoms. The van der Waals surface area contributed by atoms with Crippen LogP contribution in [0, 0.1) is 5.82 Å². The van der Waals surface area contributed by atoms with Gasteiger partial charge in [0.25, 0.3) is 0 Å². The summed E-state index contributed by atoms with van der Waals surface area (Å²) in [5.74, 6) is 0.492. The van der Waals surface area contributed by atoms with Gasteiger partial charge in [-0.25, -0.2) is 14.4 Å². The summed E-state index contributed by atoms with van der Waals surface area (Å²) in [6, 6.07) is 6.41. The number of hydrogen-bond acceptors (Lipinski definition) is 3. The summed E-state index contributed by atoms with van der Waals surface area (Å²) in [4.78, 5) is 8.45. The van der Waals surface area contributed by atoms with Gasteiger partial charge in [-0.2, -0.15) is 0 Å². The topological polar surface area (TPSA) is 37.8 Å². The van der Waals surface area contributed by atoms with Gasteiger partial charge in [-0.1, -0.05) is 19.1 Å². The second-order valence-corrected chi connectivity index (χ2v) is 3.68. The molecular formula is C13H14FN3. The van der Waals surface area contributed by atoms with Gasteiger partial charge < -0.3 is 5.32 Å². The van der Waals surface area contributed by atoms with Crippen LogP contribution in [0.5, 0.6) is 0 Å². The number of halogens is 1. The summed E-state index contributed by atoms with van der Waals surface area (Å²) in [5, 5.41) is 3.15. The van der Waals surface area contributed by atoms with Crippen LogP contribution in [0.25, 0.3) is 11.1 Å². The van der Waals surface area contributed by atoms with Crippen LogP contribution in [-0.2, 0) is 6.54 Å². The third-order valence-corrected chi connectivity index (χ3v) is 2.40. The van der Waals surface area contributed by atoms with Crippen LogP contribution in [0.2, 0.25) is 0 Å². The fourth-order valence-electron chi connectivity index (χ4n) is 1.50. The maximum atomic E-state index is 13.0. The van der Waals surface area contributed by atoms with Crippen molar-refractivity contribution < 1.29 is 4.39 Å². The molecule has 1 aromatic carbocycles. The van der Waals surface area contributed by atoms with E-state index in [2.05, 4.69) is 15.3 Å². The van der Waals surface area contributed by atoms with Crippen LogP contribution in [0.1, 0.15) is 12.7 Å². The highest BCUT2D eigenvalue weighted by Gasteiger charge is 2.01. The Hall–Kier alpha value is -1.81. The Morgan fingerprint density at radius 1 is 1.18 bits per heavy atom. The first-order valence-electron chi connectivity index (χ1n) is 5.57. The van der Waals surface area contributed by atoms with Gasteiger partial charge in [0.05, 0.1) is 6.54 Å². The lowest BCUT2D eigenvalue weighted by atomic mass is 10.1. The average molecular weight is 231 g/mol. The fraction of sp³-hybridized carbons (Fsp3) is 0.231. The van der Waals surface area contributed by atoms with E-state index < -0.39 is 0 Å². The van der Waals surface area contributed by atoms with E-state index in [1.54, 1.807) is 18.5 Å². The Bertz CT molecular complexity index is 482. The van der Waals surface area contributed by atoms with Crippen molar-refractivity contribution >= 4 is 0 Å². The molecule has 1 heterocycles. The Kier molecular flexibility index (Phi) is 3.77. The molecule has 0 fully saturated rings. The number of nitrogens with one attached hydrogen (secondary N) is 1. The van der Waals surface area contributed by atoms with Crippen molar-refractivity contribution in [2.24, 2.45) is 0 Å². The molecule has 2 rings (SSSR count). The summed E-state index contributed by atoms with van der Waals surface area (Å²) in [6.07, 6.45) is 3.43. The van der Waals surface area contributed by atoms with Crippen LogP contribution in [0.3, 0.4) is 0 Å². The highest BCUT2D eigenvalue weighted by Crippen LogP contribution is 2.17. The molecule has 0 aliphatic carbocycles. The molecule has 0 bridgehead atoms. The molecule has 4 heteroatoms. The summed E-state index contributed by atoms with van der Waals surface area (Å²) >= 11 is 0. The predicted octanol–water partition coefficient (Wildman–Crippen LogP) is 2.39. The van der Waals surface area contributed by atoms with Crippen molar-refractivity contribution in [3.05, 3.63) is 48.3 Å². The van der Waals surface area contributed by atoms with Crippen molar-refractivity contribution in [3.8, 4) is 11.1 Å². The monoisotopic (exact) mass is 231 g/mol. The maximum Gasteiger partial charge on any atom is 0.141 e. The van der Waals surface area contributed by atoms with Crippen molar-refractivity contribution in [1.29, 1.82) is 0 Å². The minimum atomic E-state index is -0.251. The SMILES string of the molecule is CCNCc1ncc(-c2cccc(F)c2)cn1. The zero-order valence-corrected chi connectivity index (χ0v) is 9.65. The zero-order valence-electron chi connectivity index (χ0n) is 9.65. The highest BCUT2D eigenvalue weighted by molar-refractivity contribution is 5.61. The largest absolute Gasteiger partial charge is 0.310 e. The molecule has 0 atom stereocenters. The maximum absolute atomic E-state index is 13.0. The molecule has 0 spiro atoms. The molecule has 88 valence electrons. The van der Waals surface area contributed by atoms with Gasteiger partial charge in [0, 0.05) is 18.0 Å². The van der Waals surface area contributed by atoms with Gasteiger partial charge in [0.15, 0.2) is 0 Å². The standard InChI is InChI=1S/C13H14FN3/c1-2-15-9-13-16-7-11(8-17-13)10-4-3-5-12(14)6-10/h3-8,15H,2,9H2,1H3. The van der Waals surface area contributed by atoms with Crippen LogP contribution in [0.4, 0.5) is 4.39 Å². The van der Waals surface area contributed by atoms with Crippen LogP contribution >= 0.6 is 0 Å². The first-order valence-corrected chi connectivity index (χ1v) is 5.57. The lowest BCUT2D eigenvalue weighted by molar-refractivity contribution is 0.628. The molecule has 0 saturated heterocycles. The number of nitrogens with zero attached hydrogens (tertiary/aromatic N) is 2. The molecule has 1 N–H and O–H groups in total. The third-order valence-electron chi connectivity index (χ3n) is 2.40. The summed E-state index contributed by atoms with van der Waals surface area (Å²) in [6.45, 7) is 3.57. The summed E-state index contributed by atoms with van der Waals surface area (Å²) < 4.78 is 13.0. The van der Waals surface area contributed by atoms with E-state index in [9.17, 15) is 4.39 Å². The van der Waals surface area contributed by atoms with E-state index in [0.29, 0.717) is 6.54 Å². The number of aromatic nitrogens is 2. The van der Waals surface area contributed by atoms with Gasteiger partial charge in [0.1, 0.15) is 11.6 Å². The van der Waals surface area contributed by atoms with Crippen molar-refractivity contribution in [2.75, 3.05) is 6.54 Å². The van der Waals surface area contributed by atoms with Crippen molar-refractivity contribution in [3.63, 3.8) is 0 Å². The van der Waals surface area contributed by atoms with E-state index >= 15 is 0 Å². The third kappa shape index (κ3) is 3.07. The average Bonchev–Trinajstić information content (AvgIpc) is 2.37. The van der Waals surface area contributed by atoms with Gasteiger partial charge in [0.2, 0.25) is 0 Å². The summed E-state index contributed by atoms with van der Waals surface area (Å²) in [5.41, 5.74) is 1.62. The second kappa shape index (κ2) is 5.50. The molecular weight excluding hydrogens is 217 g/mol. The smallest absolute Gasteiger partial charge is 0.141 e. The van der Waals surface area contributed by atoms with Crippen LogP contribution in [0.15, 0.2) is 36.7 Å². The molecule has 2 aromatic rings. The Labute approximate surface area is 99.7 Å². The van der Waals surface area contributed by atoms with Gasteiger partial charge >= 0.3 is 0 Å². The fourth-order valence-corrected chi connectivity index (χ4v) is 1.50.